The molecule has 3 heteroatoms. The number of piperidine rings is 2. The minimum Gasteiger partial charge on any atom is -0.330 e. The summed E-state index contributed by atoms with van der Waals surface area (Å²) in [5, 5.41) is 0. The van der Waals surface area contributed by atoms with E-state index in [2.05, 4.69) is 23.6 Å². The average molecular weight is 223 g/mol. The van der Waals surface area contributed by atoms with Gasteiger partial charge < -0.3 is 15.5 Å². The molecule has 4 saturated heterocycles. The zero-order valence-electron chi connectivity index (χ0n) is 10.7. The predicted octanol–water partition coefficient (Wildman–Crippen LogP) is 0.465. The van der Waals surface area contributed by atoms with Gasteiger partial charge in [-0.2, -0.15) is 0 Å². The van der Waals surface area contributed by atoms with Gasteiger partial charge in [0.15, 0.2) is 0 Å². The minimum absolute atomic E-state index is 0.479. The Kier molecular flexibility index (Phi) is 2.54. The summed E-state index contributed by atoms with van der Waals surface area (Å²) in [6, 6.07) is 0. The lowest BCUT2D eigenvalue weighted by Crippen LogP contribution is -2.64. The summed E-state index contributed by atoms with van der Waals surface area (Å²) in [7, 11) is 0. The first-order valence-corrected chi connectivity index (χ1v) is 6.80. The maximum atomic E-state index is 6.09. The van der Waals surface area contributed by atoms with Gasteiger partial charge in [0.1, 0.15) is 0 Å². The molecule has 0 aromatic rings. The molecule has 0 aromatic heterocycles. The fourth-order valence-electron chi connectivity index (χ4n) is 4.54. The molecule has 4 bridgehead atoms. The van der Waals surface area contributed by atoms with Crippen molar-refractivity contribution in [3.05, 3.63) is 0 Å². The molecule has 4 aliphatic heterocycles. The summed E-state index contributed by atoms with van der Waals surface area (Å²) in [6.07, 6.45) is 0. The molecule has 3 unspecified atom stereocenters. The maximum Gasteiger partial charge on any atom is 0.0110 e. The Morgan fingerprint density at radius 3 is 2.19 bits per heavy atom. The van der Waals surface area contributed by atoms with Crippen molar-refractivity contribution in [2.45, 2.75) is 13.8 Å². The second-order valence-electron chi connectivity index (χ2n) is 6.46. The normalized spacial score (nSPS) is 51.0. The van der Waals surface area contributed by atoms with Crippen LogP contribution < -0.4 is 5.73 Å². The number of nitrogens with zero attached hydrogens (tertiary/aromatic N) is 2. The van der Waals surface area contributed by atoms with Crippen molar-refractivity contribution in [3.63, 3.8) is 0 Å². The van der Waals surface area contributed by atoms with E-state index in [9.17, 15) is 0 Å². The molecule has 92 valence electrons. The molecule has 3 atom stereocenters. The Hall–Kier alpha value is -0.120. The molecule has 0 aromatic carbocycles. The van der Waals surface area contributed by atoms with E-state index in [1.165, 1.54) is 39.3 Å². The smallest absolute Gasteiger partial charge is 0.0110 e. The number of hydrogen-bond acceptors (Lipinski definition) is 3. The van der Waals surface area contributed by atoms with Crippen molar-refractivity contribution < 1.29 is 0 Å². The molecule has 0 radical (unpaired) electrons. The third kappa shape index (κ3) is 1.38. The lowest BCUT2D eigenvalue weighted by atomic mass is 9.58. The first kappa shape index (κ1) is 11.0. The zero-order chi connectivity index (χ0) is 11.3. The number of fused-ring (bicyclic) bond motifs is 1. The second-order valence-corrected chi connectivity index (χ2v) is 6.46. The van der Waals surface area contributed by atoms with Crippen molar-refractivity contribution in [1.82, 2.24) is 9.80 Å². The summed E-state index contributed by atoms with van der Waals surface area (Å²) < 4.78 is 0. The van der Waals surface area contributed by atoms with E-state index < -0.39 is 0 Å². The van der Waals surface area contributed by atoms with Gasteiger partial charge in [0.05, 0.1) is 0 Å². The van der Waals surface area contributed by atoms with Crippen molar-refractivity contribution in [3.8, 4) is 0 Å². The molecular weight excluding hydrogens is 198 g/mol. The summed E-state index contributed by atoms with van der Waals surface area (Å²) in [4.78, 5) is 5.40. The number of hydrogen-bond donors (Lipinski definition) is 1. The highest BCUT2D eigenvalue weighted by molar-refractivity contribution is 5.06. The summed E-state index contributed by atoms with van der Waals surface area (Å²) in [5.41, 5.74) is 6.57. The Morgan fingerprint density at radius 1 is 1.19 bits per heavy atom. The molecule has 0 amide bonds. The molecule has 0 aliphatic carbocycles. The van der Waals surface area contributed by atoms with Gasteiger partial charge in [-0.1, -0.05) is 13.8 Å². The zero-order valence-corrected chi connectivity index (χ0v) is 10.7. The van der Waals surface area contributed by atoms with Gasteiger partial charge in [-0.15, -0.1) is 0 Å². The molecule has 4 aliphatic rings. The van der Waals surface area contributed by atoms with Gasteiger partial charge in [-0.3, -0.25) is 0 Å². The lowest BCUT2D eigenvalue weighted by Gasteiger charge is -2.57. The standard InChI is InChI=1S/C13H25N3/c1-10(2)13-8-15-3-4-16(9-13)7-11(6-15)12(13)5-14/h10-12H,3-9,14H2,1-2H3. The van der Waals surface area contributed by atoms with Gasteiger partial charge in [-0.25, -0.2) is 0 Å². The van der Waals surface area contributed by atoms with E-state index in [0.717, 1.165) is 24.3 Å². The van der Waals surface area contributed by atoms with Crippen LogP contribution in [0, 0.1) is 23.2 Å². The molecule has 2 N–H and O–H groups in total. The van der Waals surface area contributed by atoms with Crippen LogP contribution in [0.3, 0.4) is 0 Å². The van der Waals surface area contributed by atoms with Crippen molar-refractivity contribution in [2.24, 2.45) is 28.9 Å². The van der Waals surface area contributed by atoms with E-state index in [1.807, 2.05) is 0 Å². The SMILES string of the molecule is CC(C)C12CN3CCN(CC(C3)C1CN)C2. The molecule has 4 heterocycles. The minimum atomic E-state index is 0.479. The molecular formula is C13H25N3. The Balaban J connectivity index is 1.99. The molecule has 0 saturated carbocycles. The van der Waals surface area contributed by atoms with Crippen LogP contribution in [0.1, 0.15) is 13.8 Å². The van der Waals surface area contributed by atoms with E-state index >= 15 is 0 Å². The van der Waals surface area contributed by atoms with Crippen molar-refractivity contribution in [2.75, 3.05) is 45.8 Å². The highest BCUT2D eigenvalue weighted by Gasteiger charge is 2.54. The molecule has 4 fully saturated rings. The van der Waals surface area contributed by atoms with Gasteiger partial charge in [0.2, 0.25) is 0 Å². The van der Waals surface area contributed by atoms with E-state index in [0.29, 0.717) is 5.41 Å². The van der Waals surface area contributed by atoms with Crippen molar-refractivity contribution >= 4 is 0 Å². The molecule has 4 rings (SSSR count). The maximum absolute atomic E-state index is 6.09. The number of rotatable bonds is 2. The van der Waals surface area contributed by atoms with Gasteiger partial charge in [-0.05, 0) is 24.3 Å². The van der Waals surface area contributed by atoms with Gasteiger partial charge >= 0.3 is 0 Å². The quantitative estimate of drug-likeness (QED) is 0.738. The average Bonchev–Trinajstić information content (AvgIpc) is 2.47. The Bertz CT molecular complexity index is 260. The lowest BCUT2D eigenvalue weighted by molar-refractivity contribution is -0.0822. The summed E-state index contributed by atoms with van der Waals surface area (Å²) in [6.45, 7) is 13.4. The molecule has 3 nitrogen and oxygen atoms in total. The fraction of sp³-hybridized carbons (Fsp3) is 1.00. The molecule has 16 heavy (non-hydrogen) atoms. The first-order chi connectivity index (χ1) is 7.65. The summed E-state index contributed by atoms with van der Waals surface area (Å²) in [5.74, 6) is 2.35. The largest absolute Gasteiger partial charge is 0.330 e. The number of nitrogens with two attached hydrogens (primary N) is 1. The first-order valence-electron chi connectivity index (χ1n) is 6.80. The Morgan fingerprint density at radius 2 is 1.75 bits per heavy atom. The van der Waals surface area contributed by atoms with E-state index in [-0.39, 0.29) is 0 Å². The van der Waals surface area contributed by atoms with Crippen LogP contribution in [0.15, 0.2) is 0 Å². The van der Waals surface area contributed by atoms with Crippen molar-refractivity contribution in [1.29, 1.82) is 0 Å². The monoisotopic (exact) mass is 223 g/mol. The highest BCUT2D eigenvalue weighted by Crippen LogP contribution is 2.49. The molecule has 0 spiro atoms. The third-order valence-corrected chi connectivity index (χ3v) is 5.47. The van der Waals surface area contributed by atoms with Crippen LogP contribution in [0.5, 0.6) is 0 Å². The van der Waals surface area contributed by atoms with Gasteiger partial charge in [0.25, 0.3) is 0 Å². The fourth-order valence-corrected chi connectivity index (χ4v) is 4.54. The Labute approximate surface area is 99.0 Å². The van der Waals surface area contributed by atoms with Crippen LogP contribution in [0.2, 0.25) is 0 Å². The summed E-state index contributed by atoms with van der Waals surface area (Å²) >= 11 is 0. The van der Waals surface area contributed by atoms with Crippen LogP contribution in [-0.2, 0) is 0 Å². The second kappa shape index (κ2) is 3.69. The third-order valence-electron chi connectivity index (χ3n) is 5.47. The van der Waals surface area contributed by atoms with Gasteiger partial charge in [0, 0.05) is 44.7 Å². The van der Waals surface area contributed by atoms with Crippen LogP contribution in [0.25, 0.3) is 0 Å². The van der Waals surface area contributed by atoms with Crippen LogP contribution in [-0.4, -0.2) is 55.6 Å². The van der Waals surface area contributed by atoms with Crippen LogP contribution >= 0.6 is 0 Å². The van der Waals surface area contributed by atoms with E-state index in [4.69, 9.17) is 5.73 Å². The highest BCUT2D eigenvalue weighted by atomic mass is 15.3. The van der Waals surface area contributed by atoms with Crippen LogP contribution in [0.4, 0.5) is 0 Å². The van der Waals surface area contributed by atoms with E-state index in [1.54, 1.807) is 0 Å². The predicted molar refractivity (Wildman–Crippen MR) is 66.2 cm³/mol. The topological polar surface area (TPSA) is 32.5 Å².